The second-order valence-corrected chi connectivity index (χ2v) is 5.97. The summed E-state index contributed by atoms with van der Waals surface area (Å²) in [6.45, 7) is 1.68. The predicted molar refractivity (Wildman–Crippen MR) is 96.9 cm³/mol. The molecule has 0 radical (unpaired) electrons. The van der Waals surface area contributed by atoms with Crippen molar-refractivity contribution in [1.29, 1.82) is 5.26 Å². The molecule has 1 heterocycles. The van der Waals surface area contributed by atoms with Gasteiger partial charge in [-0.2, -0.15) is 5.26 Å². The first-order chi connectivity index (χ1) is 12.9. The van der Waals surface area contributed by atoms with Gasteiger partial charge in [0.15, 0.2) is 17.5 Å². The number of aryl methyl sites for hydroxylation is 1. The molecule has 3 aromatic rings. The van der Waals surface area contributed by atoms with Crippen LogP contribution in [0.25, 0.3) is 17.0 Å². The molecule has 1 atom stereocenters. The number of nitrogens with one attached hydrogen (secondary N) is 1. The molecule has 0 fully saturated rings. The number of nitrogens with zero attached hydrogens (tertiary/aromatic N) is 1. The first-order valence-corrected chi connectivity index (χ1v) is 8.11. The van der Waals surface area contributed by atoms with Gasteiger partial charge in [-0.1, -0.05) is 24.3 Å². The number of fused-ring (bicyclic) bond motifs is 1. The summed E-state index contributed by atoms with van der Waals surface area (Å²) in [6.07, 6.45) is 1.80. The molecule has 0 aliphatic rings. The third kappa shape index (κ3) is 3.40. The van der Waals surface area contributed by atoms with Gasteiger partial charge in [0.25, 0.3) is 0 Å². The summed E-state index contributed by atoms with van der Waals surface area (Å²) in [7, 11) is 0. The van der Waals surface area contributed by atoms with Crippen molar-refractivity contribution in [2.24, 2.45) is 5.92 Å². The number of H-pyrrole nitrogens is 1. The van der Waals surface area contributed by atoms with Gasteiger partial charge in [0.05, 0.1) is 6.07 Å². The van der Waals surface area contributed by atoms with E-state index in [1.54, 1.807) is 37.3 Å². The van der Waals surface area contributed by atoms with Crippen LogP contribution in [0.15, 0.2) is 48.5 Å². The number of carbonyl (C=O) groups is 2. The van der Waals surface area contributed by atoms with Crippen molar-refractivity contribution in [3.63, 3.8) is 0 Å². The number of hydrogen-bond acceptors (Lipinski definition) is 3. The molecule has 0 aliphatic heterocycles. The molecular weight excluding hydrogens is 350 g/mol. The Kier molecular flexibility index (Phi) is 4.95. The summed E-state index contributed by atoms with van der Waals surface area (Å²) in [5.74, 6) is -4.78. The molecule has 1 unspecified atom stereocenters. The second-order valence-electron chi connectivity index (χ2n) is 5.97. The van der Waals surface area contributed by atoms with Crippen molar-refractivity contribution < 1.29 is 18.4 Å². The maximum Gasteiger partial charge on any atom is 0.190 e. The number of rotatable bonds is 5. The lowest BCUT2D eigenvalue weighted by Gasteiger charge is -2.05. The molecule has 3 rings (SSSR count). The van der Waals surface area contributed by atoms with Gasteiger partial charge >= 0.3 is 0 Å². The topological polar surface area (TPSA) is 73.7 Å². The van der Waals surface area contributed by atoms with Crippen LogP contribution < -0.4 is 0 Å². The van der Waals surface area contributed by atoms with Crippen molar-refractivity contribution in [2.45, 2.75) is 6.92 Å². The normalized spacial score (nSPS) is 12.2. The van der Waals surface area contributed by atoms with Crippen LogP contribution in [-0.2, 0) is 4.79 Å². The quantitative estimate of drug-likeness (QED) is 0.415. The molecule has 0 amide bonds. The van der Waals surface area contributed by atoms with E-state index in [2.05, 4.69) is 4.98 Å². The third-order valence-corrected chi connectivity index (χ3v) is 4.23. The molecule has 0 saturated heterocycles. The first kappa shape index (κ1) is 18.2. The van der Waals surface area contributed by atoms with Gasteiger partial charge in [0.1, 0.15) is 11.6 Å². The number of carbonyl (C=O) groups excluding carboxylic acids is 2. The van der Waals surface area contributed by atoms with E-state index in [1.807, 2.05) is 0 Å². The number of para-hydroxylation sites is 1. The molecular formula is C21H14F2N2O2. The van der Waals surface area contributed by atoms with Crippen LogP contribution in [0.5, 0.6) is 0 Å². The summed E-state index contributed by atoms with van der Waals surface area (Å²) in [4.78, 5) is 28.2. The molecule has 0 spiro atoms. The number of allylic oxidation sites excluding steroid dienone is 1. The van der Waals surface area contributed by atoms with Crippen LogP contribution in [-0.4, -0.2) is 16.6 Å². The minimum absolute atomic E-state index is 0.260. The molecule has 2 aromatic carbocycles. The zero-order valence-corrected chi connectivity index (χ0v) is 14.3. The number of benzene rings is 2. The molecule has 4 nitrogen and oxygen atoms in total. The largest absolute Gasteiger partial charge is 0.358 e. The fourth-order valence-corrected chi connectivity index (χ4v) is 2.92. The Morgan fingerprint density at radius 2 is 1.78 bits per heavy atom. The SMILES string of the molecule is Cc1[nH]c2ccccc2c1C(=O)C(C#N)C(=O)C=Cc1c(F)cccc1F. The van der Waals surface area contributed by atoms with E-state index in [9.17, 15) is 23.6 Å². The van der Waals surface area contributed by atoms with Gasteiger partial charge in [0, 0.05) is 27.7 Å². The smallest absolute Gasteiger partial charge is 0.190 e. The highest BCUT2D eigenvalue weighted by molar-refractivity contribution is 6.21. The summed E-state index contributed by atoms with van der Waals surface area (Å²) in [5, 5.41) is 9.96. The molecule has 134 valence electrons. The van der Waals surface area contributed by atoms with E-state index in [-0.39, 0.29) is 5.56 Å². The van der Waals surface area contributed by atoms with E-state index < -0.39 is 34.7 Å². The van der Waals surface area contributed by atoms with Crippen LogP contribution in [0, 0.1) is 35.8 Å². The molecule has 6 heteroatoms. The fraction of sp³-hybridized carbons (Fsp3) is 0.0952. The lowest BCUT2D eigenvalue weighted by Crippen LogP contribution is -2.21. The highest BCUT2D eigenvalue weighted by Gasteiger charge is 2.29. The molecule has 0 bridgehead atoms. The minimum atomic E-state index is -1.60. The number of halogens is 2. The number of aromatic nitrogens is 1. The van der Waals surface area contributed by atoms with Crippen LogP contribution in [0.3, 0.4) is 0 Å². The monoisotopic (exact) mass is 364 g/mol. The summed E-state index contributed by atoms with van der Waals surface area (Å²) >= 11 is 0. The average molecular weight is 364 g/mol. The zero-order valence-electron chi connectivity index (χ0n) is 14.3. The van der Waals surface area contributed by atoms with E-state index in [0.29, 0.717) is 16.6 Å². The average Bonchev–Trinajstić information content (AvgIpc) is 2.97. The first-order valence-electron chi connectivity index (χ1n) is 8.11. The van der Waals surface area contributed by atoms with Crippen LogP contribution in [0.1, 0.15) is 21.6 Å². The van der Waals surface area contributed by atoms with E-state index >= 15 is 0 Å². The van der Waals surface area contributed by atoms with Crippen molar-refractivity contribution in [1.82, 2.24) is 4.98 Å². The Balaban J connectivity index is 1.93. The number of ketones is 2. The van der Waals surface area contributed by atoms with Gasteiger partial charge in [-0.15, -0.1) is 0 Å². The fourth-order valence-electron chi connectivity index (χ4n) is 2.92. The third-order valence-electron chi connectivity index (χ3n) is 4.23. The Labute approximate surface area is 153 Å². The van der Waals surface area contributed by atoms with Crippen molar-refractivity contribution in [3.8, 4) is 6.07 Å². The highest BCUT2D eigenvalue weighted by atomic mass is 19.1. The van der Waals surface area contributed by atoms with Gasteiger partial charge < -0.3 is 4.98 Å². The Hall–Kier alpha value is -3.59. The van der Waals surface area contributed by atoms with Crippen molar-refractivity contribution in [2.75, 3.05) is 0 Å². The van der Waals surface area contributed by atoms with Crippen LogP contribution in [0.2, 0.25) is 0 Å². The van der Waals surface area contributed by atoms with E-state index in [1.165, 1.54) is 6.07 Å². The lowest BCUT2D eigenvalue weighted by atomic mass is 9.92. The van der Waals surface area contributed by atoms with Crippen LogP contribution >= 0.6 is 0 Å². The number of aromatic amines is 1. The van der Waals surface area contributed by atoms with Gasteiger partial charge in [-0.3, -0.25) is 9.59 Å². The number of hydrogen-bond donors (Lipinski definition) is 1. The van der Waals surface area contributed by atoms with Gasteiger partial charge in [0.2, 0.25) is 0 Å². The summed E-state index contributed by atoms with van der Waals surface area (Å²) < 4.78 is 27.3. The number of nitriles is 1. The van der Waals surface area contributed by atoms with E-state index in [0.717, 1.165) is 24.3 Å². The van der Waals surface area contributed by atoms with Gasteiger partial charge in [-0.05, 0) is 37.3 Å². The summed E-state index contributed by atoms with van der Waals surface area (Å²) in [5.41, 5.74) is 1.11. The maximum atomic E-state index is 13.7. The maximum absolute atomic E-state index is 13.7. The van der Waals surface area contributed by atoms with Crippen LogP contribution in [0.4, 0.5) is 8.78 Å². The molecule has 1 N–H and O–H groups in total. The minimum Gasteiger partial charge on any atom is -0.358 e. The lowest BCUT2D eigenvalue weighted by molar-refractivity contribution is -0.115. The van der Waals surface area contributed by atoms with Crippen molar-refractivity contribution >= 4 is 28.5 Å². The molecule has 1 aromatic heterocycles. The van der Waals surface area contributed by atoms with Gasteiger partial charge in [-0.25, -0.2) is 8.78 Å². The standard InChI is InChI=1S/C21H14F2N2O2/c1-12-20(14-5-2-3-8-18(14)25-12)21(27)15(11-24)19(26)10-9-13-16(22)6-4-7-17(13)23/h2-10,15,25H,1H3. The van der Waals surface area contributed by atoms with E-state index in [4.69, 9.17) is 0 Å². The predicted octanol–water partition coefficient (Wildman–Crippen LogP) is 4.36. The van der Waals surface area contributed by atoms with Crippen molar-refractivity contribution in [3.05, 3.63) is 77.0 Å². The Bertz CT molecular complexity index is 1100. The Morgan fingerprint density at radius 1 is 1.11 bits per heavy atom. The summed E-state index contributed by atoms with van der Waals surface area (Å²) in [6, 6.07) is 12.0. The second kappa shape index (κ2) is 7.34. The molecule has 0 aliphatic carbocycles. The Morgan fingerprint density at radius 3 is 2.44 bits per heavy atom. The molecule has 0 saturated carbocycles. The number of Topliss-reactive ketones (excluding diaryl/α,β-unsaturated/α-hetero) is 1. The molecule has 27 heavy (non-hydrogen) atoms. The zero-order chi connectivity index (χ0) is 19.6. The highest BCUT2D eigenvalue weighted by Crippen LogP contribution is 2.25.